The number of fused-ring (bicyclic) bond motifs is 1. The molecule has 18 N–H and O–H groups in total. The Morgan fingerprint density at radius 2 is 0.986 bits per heavy atom. The Kier molecular flexibility index (Phi) is 40.5. The van der Waals surface area contributed by atoms with Crippen molar-refractivity contribution in [2.45, 2.75) is 290 Å². The number of rotatable bonds is 30. The van der Waals surface area contributed by atoms with Crippen molar-refractivity contribution in [3.05, 3.63) is 120 Å². The number of aliphatic hydroxyl groups excluding tert-OH is 2. The molecule has 1 aliphatic rings. The van der Waals surface area contributed by atoms with Crippen LogP contribution < -0.4 is 89.4 Å². The highest BCUT2D eigenvalue weighted by Gasteiger charge is 2.40. The van der Waals surface area contributed by atoms with E-state index < -0.39 is 271 Å². The predicted octanol–water partition coefficient (Wildman–Crippen LogP) is 5.34. The van der Waals surface area contributed by atoms with Crippen molar-refractivity contribution in [3.8, 4) is 11.1 Å². The van der Waals surface area contributed by atoms with Crippen molar-refractivity contribution in [1.82, 2.24) is 94.2 Å². The van der Waals surface area contributed by atoms with Crippen LogP contribution in [0.5, 0.6) is 0 Å². The summed E-state index contributed by atoms with van der Waals surface area (Å²) in [4.78, 5) is 230. The number of nitrogens with one attached hydrogen (secondary N) is 14. The third-order valence-corrected chi connectivity index (χ3v) is 22.3. The molecule has 6 aromatic rings. The number of carbonyl (C=O) groups is 15. The lowest BCUT2D eigenvalue weighted by Gasteiger charge is -2.29. The van der Waals surface area contributed by atoms with Crippen LogP contribution in [-0.2, 0) is 90.3 Å². The number of anilines is 4. The highest BCUT2D eigenvalue weighted by Crippen LogP contribution is 2.34. The average Bonchev–Trinajstić information content (AvgIpc) is 0.991. The topological polar surface area (TPSA) is 621 Å². The molecule has 46 heteroatoms. The fraction of sp³-hybridized carbons (Fsp3) is 0.542. The van der Waals surface area contributed by atoms with Crippen LogP contribution >= 0.6 is 0 Å². The van der Waals surface area contributed by atoms with Gasteiger partial charge >= 0.3 is 30.5 Å². The normalized spacial score (nSPS) is 18.4. The van der Waals surface area contributed by atoms with Gasteiger partial charge in [-0.1, -0.05) is 56.3 Å². The van der Waals surface area contributed by atoms with Gasteiger partial charge in [0.05, 0.1) is 28.3 Å². The lowest BCUT2D eigenvalue weighted by Crippen LogP contribution is -2.61. The summed E-state index contributed by atoms with van der Waals surface area (Å²) in [6, 6.07) is 7.91. The summed E-state index contributed by atoms with van der Waals surface area (Å²) in [5.41, 5.74) is -1.14. The number of hydrogen-bond donors (Lipinski definition) is 17. The smallest absolute Gasteiger partial charge is 0.408 e. The van der Waals surface area contributed by atoms with Crippen molar-refractivity contribution in [1.29, 1.82) is 0 Å². The lowest BCUT2D eigenvalue weighted by molar-refractivity contribution is -0.136. The van der Waals surface area contributed by atoms with Crippen LogP contribution in [-0.4, -0.2) is 262 Å². The van der Waals surface area contributed by atoms with Crippen molar-refractivity contribution in [2.75, 3.05) is 49.6 Å². The van der Waals surface area contributed by atoms with Crippen LogP contribution in [0, 0.1) is 19.8 Å². The fourth-order valence-electron chi connectivity index (χ4n) is 14.3. The second-order valence-corrected chi connectivity index (χ2v) is 41.4. The SMILES string of the molecule is Cc1ccc(N(C(=O)c2ccc(-c3ccc(C[C@H]4NC(=O)C(CCNC(=O)OC(C)(C)C)NC(=O)[C@@H](NC(=O)[C@H](CCNC(=O)OC(C)(C)C)NC(=O)[C@@H](NC(=O)OC(C)(C)C)[C@@H](C)O)CCNC(=O)[C@@H]([C@@H](C)O)NC(=O)[C@H](CCNC(=O)OC(C)(C)C)NC(=O)[C@H](CCNC(=O)OC(C)(C)C)NC(=O)[C@H](CC(C)C)NC4=O)cc3)cc2)c2nccc(N(C)c3ccc4c(C)n(C)nc4c3)n2)cc1S(N)(=O)=O. The molecule has 45 nitrogen and oxygen atoms in total. The average molecular weight is 2000 g/mol. The van der Waals surface area contributed by atoms with E-state index in [1.165, 1.54) is 57.3 Å². The number of ether oxygens (including phenoxy) is 5. The Hall–Kier alpha value is -13.9. The zero-order chi connectivity index (χ0) is 106. The van der Waals surface area contributed by atoms with Gasteiger partial charge in [0.1, 0.15) is 88.2 Å². The van der Waals surface area contributed by atoms with Gasteiger partial charge in [-0.05, 0) is 247 Å². The molecule has 0 bridgehead atoms. The van der Waals surface area contributed by atoms with E-state index in [0.717, 1.165) is 35.3 Å². The molecule has 778 valence electrons. The summed E-state index contributed by atoms with van der Waals surface area (Å²) in [7, 11) is -0.757. The minimum atomic E-state index is -4.36. The monoisotopic (exact) mass is 2000 g/mol. The second-order valence-electron chi connectivity index (χ2n) is 39.9. The zero-order valence-corrected chi connectivity index (χ0v) is 85.5. The maximum absolute atomic E-state index is 15.7. The second kappa shape index (κ2) is 50.0. The van der Waals surface area contributed by atoms with Gasteiger partial charge in [-0.2, -0.15) is 10.1 Å². The molecule has 0 radical (unpaired) electrons. The van der Waals surface area contributed by atoms with E-state index in [0.29, 0.717) is 33.8 Å². The van der Waals surface area contributed by atoms with E-state index in [4.69, 9.17) is 33.8 Å². The molecule has 2 aromatic heterocycles. The number of amides is 15. The van der Waals surface area contributed by atoms with E-state index in [2.05, 4.69) is 84.5 Å². The van der Waals surface area contributed by atoms with E-state index in [9.17, 15) is 57.0 Å². The first kappa shape index (κ1) is 115. The van der Waals surface area contributed by atoms with E-state index >= 15 is 33.6 Å². The summed E-state index contributed by atoms with van der Waals surface area (Å²) >= 11 is 0. The fourth-order valence-corrected chi connectivity index (χ4v) is 15.1. The number of nitrogens with zero attached hydrogens (tertiary/aromatic N) is 6. The zero-order valence-electron chi connectivity index (χ0n) is 84.7. The largest absolute Gasteiger partial charge is 0.444 e. The highest BCUT2D eigenvalue weighted by molar-refractivity contribution is 7.89. The predicted molar refractivity (Wildman–Crippen MR) is 525 cm³/mol. The van der Waals surface area contributed by atoms with Gasteiger partial charge in [0.2, 0.25) is 69.1 Å². The summed E-state index contributed by atoms with van der Waals surface area (Å²) < 4.78 is 55.0. The Balaban J connectivity index is 1.37. The molecule has 4 aromatic carbocycles. The van der Waals surface area contributed by atoms with Crippen LogP contribution in [0.1, 0.15) is 197 Å². The van der Waals surface area contributed by atoms with Gasteiger partial charge in [0.25, 0.3) is 5.91 Å². The summed E-state index contributed by atoms with van der Waals surface area (Å²) in [6.45, 7) is 30.3. The number of alkyl carbamates (subject to hydrolysis) is 5. The van der Waals surface area contributed by atoms with Crippen LogP contribution in [0.25, 0.3) is 22.0 Å². The number of benzene rings is 4. The highest BCUT2D eigenvalue weighted by atomic mass is 32.2. The standard InChI is InChI=1S/C96H139N21O24S/c1-52(2)48-70-81(125)107-65(37-43-100-87(130)137-92(7,8)9)77(121)106-68(40-46-103-90(133)140-95(16,17)18)80(124)112-74(55(5)118)83(127)98-42-36-64(104-78(122)67(39-45-102-89(132)139-94(13,14)15)108-84(128)75(56(6)119)113-91(134)141-96(19,20)21)76(120)105-66(38-44-101-88(131)138-93(10,11)12)79(123)110-71(82(126)109-70)49-57-25-27-58(28-26-57)59-29-31-60(32-30-59)85(129)117(62-33-24-53(3)72(51-62)142(97,135)136)86-99-47-41-73(111-86)115(22)61-34-35-63-54(4)116(23)114-69(63)50-61/h24-35,41,47,50-52,55-56,64-68,70-71,74-75,118-119H,36-40,42-46,48-49H2,1-23H3,(H,98,127)(H,100,130)(H,101,131)(H,102,132)(H,103,133)(H,104,122)(H,105,120)(H,106,121)(H,107,125)(H,108,128)(H,109,126)(H,110,123)(H,112,124)(H,113,134)(H2,97,135,136)/t55-,56-,64+,65+,66?,67+,68+,70+,71-,74-,75+/m1/s1. The molecule has 1 unspecified atom stereocenters. The number of aromatic nitrogens is 4. The number of carbonyl (C=O) groups excluding carboxylic acids is 15. The van der Waals surface area contributed by atoms with E-state index in [1.807, 2.05) is 32.2 Å². The quantitative estimate of drug-likeness (QED) is 0.0253. The van der Waals surface area contributed by atoms with Gasteiger partial charge in [0, 0.05) is 81.8 Å². The van der Waals surface area contributed by atoms with Gasteiger partial charge < -0.3 is 113 Å². The molecule has 15 amide bonds. The lowest BCUT2D eigenvalue weighted by atomic mass is 9.98. The number of nitrogens with two attached hydrogens (primary N) is 1. The molecule has 1 fully saturated rings. The molecule has 11 atom stereocenters. The number of aliphatic hydroxyl groups is 2. The Morgan fingerprint density at radius 3 is 1.47 bits per heavy atom. The van der Waals surface area contributed by atoms with Crippen LogP contribution in [0.3, 0.4) is 0 Å². The number of hydrogen-bond acceptors (Lipinski definition) is 28. The Morgan fingerprint density at radius 1 is 0.535 bits per heavy atom. The maximum Gasteiger partial charge on any atom is 0.408 e. The van der Waals surface area contributed by atoms with E-state index in [-0.39, 0.29) is 28.5 Å². The molecule has 3 heterocycles. The molecule has 7 rings (SSSR count). The summed E-state index contributed by atoms with van der Waals surface area (Å²) in [5, 5.41) is 69.0. The molecule has 1 saturated heterocycles. The molecule has 142 heavy (non-hydrogen) atoms. The van der Waals surface area contributed by atoms with Gasteiger partial charge in [0.15, 0.2) is 0 Å². The third kappa shape index (κ3) is 37.0. The van der Waals surface area contributed by atoms with Crippen LogP contribution in [0.4, 0.5) is 47.1 Å². The van der Waals surface area contributed by atoms with Gasteiger partial charge in [-0.3, -0.25) is 52.6 Å². The first-order chi connectivity index (χ1) is 65.9. The molecule has 0 spiro atoms. The van der Waals surface area contributed by atoms with E-state index in [1.54, 1.807) is 163 Å². The molecule has 0 saturated carbocycles. The van der Waals surface area contributed by atoms with Crippen LogP contribution in [0.2, 0.25) is 0 Å². The minimum Gasteiger partial charge on any atom is -0.444 e. The number of aryl methyl sites for hydroxylation is 3. The Labute approximate surface area is 826 Å². The molecular formula is C96H139N21O24S. The van der Waals surface area contributed by atoms with Crippen molar-refractivity contribution in [2.24, 2.45) is 18.1 Å². The molecule has 1 aliphatic heterocycles. The molecular weight excluding hydrogens is 1860 g/mol. The van der Waals surface area contributed by atoms with Gasteiger partial charge in [-0.15, -0.1) is 0 Å². The van der Waals surface area contributed by atoms with Crippen LogP contribution in [0.15, 0.2) is 102 Å². The summed E-state index contributed by atoms with van der Waals surface area (Å²) in [6.07, 6.45) is -10.4. The van der Waals surface area contributed by atoms with Crippen molar-refractivity contribution in [3.63, 3.8) is 0 Å². The van der Waals surface area contributed by atoms with Gasteiger partial charge in [-0.25, -0.2) is 47.4 Å². The van der Waals surface area contributed by atoms with Crippen molar-refractivity contribution >= 4 is 134 Å². The first-order valence-corrected chi connectivity index (χ1v) is 48.1. The maximum atomic E-state index is 15.7. The number of primary sulfonamides is 1. The summed E-state index contributed by atoms with van der Waals surface area (Å²) in [5.74, 6) is -11.4. The first-order valence-electron chi connectivity index (χ1n) is 46.5. The number of sulfonamides is 1. The minimum absolute atomic E-state index is 0.0434. The molecule has 0 aliphatic carbocycles. The third-order valence-electron chi connectivity index (χ3n) is 21.2. The van der Waals surface area contributed by atoms with Crippen molar-refractivity contribution < 1.29 is 114 Å². The Bertz CT molecular complexity index is 5620.